The predicted molar refractivity (Wildman–Crippen MR) is 123 cm³/mol. The zero-order valence-corrected chi connectivity index (χ0v) is 18.7. The van der Waals surface area contributed by atoms with Crippen LogP contribution >= 0.6 is 11.8 Å². The van der Waals surface area contributed by atoms with Gasteiger partial charge in [0.25, 0.3) is 6.17 Å². The number of hydrogen-bond acceptors (Lipinski definition) is 4. The maximum atomic E-state index is 13.2. The number of hydrogen-bond donors (Lipinski definition) is 1. The number of unbranched alkanes of at least 4 members (excludes halogenated alkanes) is 3. The lowest BCUT2D eigenvalue weighted by Crippen LogP contribution is -2.60. The molecule has 6 nitrogen and oxygen atoms in total. The fraction of sp³-hybridized carbons (Fsp3) is 0.333. The van der Waals surface area contributed by atoms with Gasteiger partial charge in [-0.2, -0.15) is 0 Å². The van der Waals surface area contributed by atoms with Crippen molar-refractivity contribution in [3.8, 4) is 11.3 Å². The summed E-state index contributed by atoms with van der Waals surface area (Å²) in [7, 11) is 0. The highest BCUT2D eigenvalue weighted by Gasteiger charge is 2.44. The Morgan fingerprint density at radius 1 is 1.10 bits per heavy atom. The lowest BCUT2D eigenvalue weighted by Gasteiger charge is -2.31. The maximum Gasteiger partial charge on any atom is 0.325 e. The molecule has 2 heterocycles. The van der Waals surface area contributed by atoms with Gasteiger partial charge < -0.3 is 0 Å². The van der Waals surface area contributed by atoms with Crippen molar-refractivity contribution >= 4 is 23.4 Å². The van der Waals surface area contributed by atoms with Crippen LogP contribution in [0.1, 0.15) is 51.3 Å². The van der Waals surface area contributed by atoms with Gasteiger partial charge in [-0.1, -0.05) is 80.4 Å². The first-order valence-corrected chi connectivity index (χ1v) is 11.7. The lowest BCUT2D eigenvalue weighted by atomic mass is 10.0. The van der Waals surface area contributed by atoms with Crippen LogP contribution in [0, 0.1) is 0 Å². The lowest BCUT2D eigenvalue weighted by molar-refractivity contribution is -0.763. The molecule has 160 valence electrons. The van der Waals surface area contributed by atoms with E-state index in [0.717, 1.165) is 23.4 Å². The number of anilines is 1. The molecule has 1 aromatic heterocycles. The van der Waals surface area contributed by atoms with Crippen LogP contribution in [0.2, 0.25) is 0 Å². The Bertz CT molecular complexity index is 1130. The average molecular weight is 436 g/mol. The van der Waals surface area contributed by atoms with Crippen molar-refractivity contribution in [1.82, 2.24) is 10.1 Å². The normalized spacial score (nSPS) is 14.8. The minimum absolute atomic E-state index is 0.102. The van der Waals surface area contributed by atoms with Gasteiger partial charge in [0.2, 0.25) is 11.1 Å². The van der Waals surface area contributed by atoms with Crippen LogP contribution in [0.4, 0.5) is 5.69 Å². The summed E-state index contributed by atoms with van der Waals surface area (Å²) >= 11 is 1.56. The molecule has 1 N–H and O–H groups in total. The molecule has 0 bridgehead atoms. The number of fused-ring (bicyclic) bond motifs is 3. The Morgan fingerprint density at radius 3 is 2.58 bits per heavy atom. The number of para-hydroxylation sites is 1. The molecule has 0 radical (unpaired) electrons. The number of thioether (sulfide) groups is 1. The summed E-state index contributed by atoms with van der Waals surface area (Å²) in [5.74, 6) is 0.793. The number of nitrogens with one attached hydrogen (secondary N) is 1. The van der Waals surface area contributed by atoms with E-state index in [2.05, 4.69) is 11.9 Å². The van der Waals surface area contributed by atoms with Crippen LogP contribution < -0.4 is 15.1 Å². The molecular weight excluding hydrogens is 408 g/mol. The molecule has 31 heavy (non-hydrogen) atoms. The van der Waals surface area contributed by atoms with Gasteiger partial charge in [-0.05, 0) is 23.2 Å². The number of H-pyrrole nitrogens is 1. The molecule has 0 saturated carbocycles. The Morgan fingerprint density at radius 2 is 1.84 bits per heavy atom. The molecule has 3 aromatic rings. The Hall–Kier alpha value is -2.93. The molecule has 1 aliphatic heterocycles. The summed E-state index contributed by atoms with van der Waals surface area (Å²) in [6, 6.07) is 17.2. The van der Waals surface area contributed by atoms with Crippen molar-refractivity contribution in [3.63, 3.8) is 0 Å². The topological polar surface area (TPSA) is 69.9 Å². The van der Waals surface area contributed by atoms with Gasteiger partial charge in [0.1, 0.15) is 0 Å². The molecule has 7 heteroatoms. The quantitative estimate of drug-likeness (QED) is 0.341. The second-order valence-electron chi connectivity index (χ2n) is 7.65. The molecule has 0 aliphatic carbocycles. The zero-order valence-electron chi connectivity index (χ0n) is 17.9. The highest BCUT2D eigenvalue weighted by atomic mass is 32.2. The van der Waals surface area contributed by atoms with Gasteiger partial charge in [0, 0.05) is 23.3 Å². The Balaban J connectivity index is 1.83. The van der Waals surface area contributed by atoms with E-state index in [-0.39, 0.29) is 11.5 Å². The van der Waals surface area contributed by atoms with E-state index in [1.165, 1.54) is 19.3 Å². The van der Waals surface area contributed by atoms with Crippen molar-refractivity contribution in [2.45, 2.75) is 50.9 Å². The van der Waals surface area contributed by atoms with E-state index >= 15 is 0 Å². The Labute approximate surface area is 186 Å². The van der Waals surface area contributed by atoms with Gasteiger partial charge in [-0.25, -0.2) is 4.90 Å². The summed E-state index contributed by atoms with van der Waals surface area (Å²) in [6.45, 7) is 3.74. The Kier molecular flexibility index (Phi) is 6.51. The molecule has 1 aliphatic rings. The smallest absolute Gasteiger partial charge is 0.291 e. The molecule has 0 fully saturated rings. The first-order valence-electron chi connectivity index (χ1n) is 10.7. The van der Waals surface area contributed by atoms with Crippen molar-refractivity contribution in [2.75, 3.05) is 10.7 Å². The fourth-order valence-corrected chi connectivity index (χ4v) is 4.85. The second-order valence-corrected chi connectivity index (χ2v) is 8.74. The van der Waals surface area contributed by atoms with E-state index in [1.807, 2.05) is 54.6 Å². The number of nitrogens with zero attached hydrogens (tertiary/aromatic N) is 3. The van der Waals surface area contributed by atoms with Crippen LogP contribution in [0.3, 0.4) is 0 Å². The number of aromatic nitrogens is 3. The first-order chi connectivity index (χ1) is 15.1. The van der Waals surface area contributed by atoms with E-state index in [0.29, 0.717) is 16.4 Å². The van der Waals surface area contributed by atoms with Gasteiger partial charge in [0.15, 0.2) is 0 Å². The molecule has 0 spiro atoms. The SMILES string of the molecule is CCCCCCSc1n[n+]2c(c(=O)[nH]1)-c1ccccc1N(C(C)=O)[C@H]2c1ccccc1. The zero-order chi connectivity index (χ0) is 21.8. The van der Waals surface area contributed by atoms with E-state index in [9.17, 15) is 9.59 Å². The minimum atomic E-state index is -0.523. The van der Waals surface area contributed by atoms with Crippen LogP contribution in [-0.4, -0.2) is 21.7 Å². The number of benzene rings is 2. The van der Waals surface area contributed by atoms with Crippen molar-refractivity contribution < 1.29 is 9.48 Å². The van der Waals surface area contributed by atoms with Gasteiger partial charge in [-0.3, -0.25) is 14.6 Å². The molecule has 2 aromatic carbocycles. The van der Waals surface area contributed by atoms with Crippen molar-refractivity contribution in [3.05, 3.63) is 70.5 Å². The molecular formula is C24H27N4O2S+. The summed E-state index contributed by atoms with van der Waals surface area (Å²) < 4.78 is 1.71. The van der Waals surface area contributed by atoms with Gasteiger partial charge >= 0.3 is 11.3 Å². The molecule has 0 saturated heterocycles. The number of aromatic amines is 1. The highest BCUT2D eigenvalue weighted by Crippen LogP contribution is 2.37. The monoisotopic (exact) mass is 435 g/mol. The molecule has 4 rings (SSSR count). The molecule has 0 unspecified atom stereocenters. The van der Waals surface area contributed by atoms with Gasteiger partial charge in [-0.15, -0.1) is 0 Å². The molecule has 1 atom stereocenters. The number of amides is 1. The number of rotatable bonds is 7. The predicted octanol–water partition coefficient (Wildman–Crippen LogP) is 4.31. The third kappa shape index (κ3) is 4.28. The van der Waals surface area contributed by atoms with E-state index < -0.39 is 6.17 Å². The van der Waals surface area contributed by atoms with Crippen LogP contribution in [-0.2, 0) is 4.79 Å². The highest BCUT2D eigenvalue weighted by molar-refractivity contribution is 7.99. The molecule has 1 amide bonds. The number of carbonyl (C=O) groups excluding carboxylic acids is 1. The van der Waals surface area contributed by atoms with Crippen LogP contribution in [0.5, 0.6) is 0 Å². The van der Waals surface area contributed by atoms with Crippen LogP contribution in [0.25, 0.3) is 11.3 Å². The average Bonchev–Trinajstić information content (AvgIpc) is 2.78. The van der Waals surface area contributed by atoms with Gasteiger partial charge in [0.05, 0.1) is 11.3 Å². The van der Waals surface area contributed by atoms with Crippen LogP contribution in [0.15, 0.2) is 64.5 Å². The first kappa shape index (κ1) is 21.3. The van der Waals surface area contributed by atoms with Crippen molar-refractivity contribution in [1.29, 1.82) is 0 Å². The maximum absolute atomic E-state index is 13.2. The number of carbonyl (C=O) groups is 1. The van der Waals surface area contributed by atoms with E-state index in [4.69, 9.17) is 5.10 Å². The third-order valence-electron chi connectivity index (χ3n) is 5.43. The second kappa shape index (κ2) is 9.47. The summed E-state index contributed by atoms with van der Waals surface area (Å²) in [5, 5.41) is 5.39. The van der Waals surface area contributed by atoms with Crippen molar-refractivity contribution in [2.24, 2.45) is 0 Å². The summed E-state index contributed by atoms with van der Waals surface area (Å²) in [4.78, 5) is 30.7. The summed E-state index contributed by atoms with van der Waals surface area (Å²) in [5.41, 5.74) is 2.60. The standard InChI is InChI=1S/C24H26N4O2S/c1-3-4-5-11-16-31-24-25-22(30)21-19-14-9-10-15-20(19)27(17(2)29)23(28(21)26-24)18-12-7-6-8-13-18/h6-10,12-15,23H,3-5,11,16H2,1-2H3/p+1/t23-/m1/s1. The minimum Gasteiger partial charge on any atom is -0.291 e. The fourth-order valence-electron chi connectivity index (χ4n) is 4.00. The third-order valence-corrected chi connectivity index (χ3v) is 6.38. The van der Waals surface area contributed by atoms with E-state index in [1.54, 1.807) is 28.3 Å². The summed E-state index contributed by atoms with van der Waals surface area (Å²) in [6.07, 6.45) is 4.13. The largest absolute Gasteiger partial charge is 0.325 e.